The molecule has 2 saturated heterocycles. The standard InChI is InChI=1S/C23H38N6O3/c1-15-22(17(3)26(5)24-15)20-13-31-9-7-28(20)11-19(30)12-29-8-10-32-14-21(29)23-16(2)25-27(6)18(23)4/h19-21,30H,7-14H2,1-6H3. The van der Waals surface area contributed by atoms with Gasteiger partial charge in [-0.2, -0.15) is 10.2 Å². The first-order valence-corrected chi connectivity index (χ1v) is 11.6. The van der Waals surface area contributed by atoms with E-state index in [1.54, 1.807) is 0 Å². The predicted octanol–water partition coefficient (Wildman–Crippen LogP) is 1.19. The van der Waals surface area contributed by atoms with Gasteiger partial charge in [0.25, 0.3) is 0 Å². The molecular formula is C23H38N6O3. The first-order valence-electron chi connectivity index (χ1n) is 11.6. The van der Waals surface area contributed by atoms with E-state index in [-0.39, 0.29) is 12.1 Å². The highest BCUT2D eigenvalue weighted by atomic mass is 16.5. The van der Waals surface area contributed by atoms with Crippen LogP contribution in [-0.4, -0.2) is 93.2 Å². The zero-order valence-electron chi connectivity index (χ0n) is 20.3. The number of aliphatic hydroxyl groups excluding tert-OH is 1. The Morgan fingerprint density at radius 1 is 0.812 bits per heavy atom. The average molecular weight is 447 g/mol. The number of aromatic nitrogens is 4. The molecule has 9 nitrogen and oxygen atoms in total. The maximum absolute atomic E-state index is 11.2. The van der Waals surface area contributed by atoms with E-state index in [4.69, 9.17) is 9.47 Å². The summed E-state index contributed by atoms with van der Waals surface area (Å²) in [4.78, 5) is 4.72. The second-order valence-corrected chi connectivity index (χ2v) is 9.24. The van der Waals surface area contributed by atoms with Gasteiger partial charge in [-0.3, -0.25) is 19.2 Å². The van der Waals surface area contributed by atoms with Gasteiger partial charge in [-0.25, -0.2) is 0 Å². The van der Waals surface area contributed by atoms with Crippen LogP contribution in [0.25, 0.3) is 0 Å². The van der Waals surface area contributed by atoms with Crippen LogP contribution in [0.1, 0.15) is 46.0 Å². The molecule has 2 aromatic rings. The second-order valence-electron chi connectivity index (χ2n) is 9.24. The summed E-state index contributed by atoms with van der Waals surface area (Å²) >= 11 is 0. The Morgan fingerprint density at radius 2 is 1.22 bits per heavy atom. The fraction of sp³-hybridized carbons (Fsp3) is 0.739. The van der Waals surface area contributed by atoms with Crippen molar-refractivity contribution in [3.8, 4) is 0 Å². The van der Waals surface area contributed by atoms with Crippen molar-refractivity contribution < 1.29 is 14.6 Å². The molecule has 0 saturated carbocycles. The van der Waals surface area contributed by atoms with E-state index in [1.165, 1.54) is 11.1 Å². The number of aliphatic hydroxyl groups is 1. The monoisotopic (exact) mass is 446 g/mol. The van der Waals surface area contributed by atoms with Gasteiger partial charge < -0.3 is 14.6 Å². The second kappa shape index (κ2) is 9.61. The molecule has 2 atom stereocenters. The Morgan fingerprint density at radius 3 is 1.56 bits per heavy atom. The highest BCUT2D eigenvalue weighted by Crippen LogP contribution is 2.31. The zero-order valence-corrected chi connectivity index (χ0v) is 20.3. The third-order valence-electron chi connectivity index (χ3n) is 7.17. The minimum absolute atomic E-state index is 0.121. The first-order chi connectivity index (χ1) is 15.3. The Kier molecular flexibility index (Phi) is 7.02. The van der Waals surface area contributed by atoms with Crippen molar-refractivity contribution in [2.75, 3.05) is 52.6 Å². The van der Waals surface area contributed by atoms with Crippen LogP contribution in [0.3, 0.4) is 0 Å². The summed E-state index contributed by atoms with van der Waals surface area (Å²) in [6.07, 6.45) is -0.467. The smallest absolute Gasteiger partial charge is 0.0794 e. The molecule has 2 unspecified atom stereocenters. The van der Waals surface area contributed by atoms with Gasteiger partial charge in [-0.15, -0.1) is 0 Å². The van der Waals surface area contributed by atoms with Gasteiger partial charge in [0.05, 0.1) is 56.0 Å². The van der Waals surface area contributed by atoms with E-state index in [1.807, 2.05) is 23.5 Å². The average Bonchev–Trinajstić information content (AvgIpc) is 3.15. The Bertz CT molecular complexity index is 865. The minimum Gasteiger partial charge on any atom is -0.390 e. The number of β-amino-alcohol motifs (C(OH)–C–C–N with tert-alkyl or cyclic N) is 1. The first kappa shape index (κ1) is 23.4. The third-order valence-corrected chi connectivity index (χ3v) is 7.17. The maximum atomic E-state index is 11.2. The molecule has 1 N–H and O–H groups in total. The minimum atomic E-state index is -0.467. The molecule has 4 heterocycles. The third kappa shape index (κ3) is 4.49. The quantitative estimate of drug-likeness (QED) is 0.714. The molecule has 178 valence electrons. The van der Waals surface area contributed by atoms with Crippen LogP contribution in [0.4, 0.5) is 0 Å². The Labute approximate surface area is 190 Å². The van der Waals surface area contributed by atoms with Crippen molar-refractivity contribution >= 4 is 0 Å². The van der Waals surface area contributed by atoms with Crippen LogP contribution < -0.4 is 0 Å². The SMILES string of the molecule is Cc1nn(C)c(C)c1C1COCCN1CC(O)CN1CCOCC1c1c(C)nn(C)c1C. The van der Waals surface area contributed by atoms with Crippen LogP contribution in [0.2, 0.25) is 0 Å². The largest absolute Gasteiger partial charge is 0.390 e. The summed E-state index contributed by atoms with van der Waals surface area (Å²) in [5, 5.41) is 20.4. The van der Waals surface area contributed by atoms with Gasteiger partial charge in [0.2, 0.25) is 0 Å². The van der Waals surface area contributed by atoms with Crippen LogP contribution >= 0.6 is 0 Å². The van der Waals surface area contributed by atoms with E-state index in [0.29, 0.717) is 39.5 Å². The van der Waals surface area contributed by atoms with E-state index in [0.717, 1.165) is 35.9 Å². The molecular weight excluding hydrogens is 408 g/mol. The van der Waals surface area contributed by atoms with Crippen molar-refractivity contribution in [1.82, 2.24) is 29.4 Å². The molecule has 0 bridgehead atoms. The number of rotatable bonds is 6. The molecule has 9 heteroatoms. The lowest BCUT2D eigenvalue weighted by atomic mass is 10.0. The van der Waals surface area contributed by atoms with Gasteiger partial charge in [0.15, 0.2) is 0 Å². The normalized spacial score (nSPS) is 24.2. The van der Waals surface area contributed by atoms with E-state index in [2.05, 4.69) is 47.7 Å². The number of aryl methyl sites for hydroxylation is 4. The van der Waals surface area contributed by atoms with E-state index in [9.17, 15) is 5.11 Å². The number of hydrogen-bond acceptors (Lipinski definition) is 7. The molecule has 0 spiro atoms. The summed E-state index contributed by atoms with van der Waals surface area (Å²) < 4.78 is 15.5. The molecule has 0 radical (unpaired) electrons. The molecule has 2 aromatic heterocycles. The number of nitrogens with zero attached hydrogens (tertiary/aromatic N) is 6. The Hall–Kier alpha value is -1.78. The lowest BCUT2D eigenvalue weighted by Gasteiger charge is -2.40. The summed E-state index contributed by atoms with van der Waals surface area (Å²) in [6, 6.07) is 0.241. The zero-order chi connectivity index (χ0) is 23.0. The summed E-state index contributed by atoms with van der Waals surface area (Å²) in [5.41, 5.74) is 6.85. The van der Waals surface area contributed by atoms with E-state index >= 15 is 0 Å². The molecule has 0 aromatic carbocycles. The number of morpholine rings is 2. The lowest BCUT2D eigenvalue weighted by molar-refractivity contribution is -0.0527. The van der Waals surface area contributed by atoms with Crippen molar-refractivity contribution in [3.05, 3.63) is 33.9 Å². The molecule has 0 amide bonds. The predicted molar refractivity (Wildman–Crippen MR) is 122 cm³/mol. The Balaban J connectivity index is 1.48. The summed E-state index contributed by atoms with van der Waals surface area (Å²) in [6.45, 7) is 13.8. The molecule has 32 heavy (non-hydrogen) atoms. The van der Waals surface area contributed by atoms with Crippen molar-refractivity contribution in [2.45, 2.75) is 45.9 Å². The van der Waals surface area contributed by atoms with Crippen LogP contribution in [-0.2, 0) is 23.6 Å². The van der Waals surface area contributed by atoms with Crippen molar-refractivity contribution in [1.29, 1.82) is 0 Å². The van der Waals surface area contributed by atoms with Crippen molar-refractivity contribution in [2.24, 2.45) is 14.1 Å². The molecule has 2 aliphatic rings. The van der Waals surface area contributed by atoms with Crippen LogP contribution in [0.5, 0.6) is 0 Å². The maximum Gasteiger partial charge on any atom is 0.0794 e. The molecule has 2 fully saturated rings. The highest BCUT2D eigenvalue weighted by Gasteiger charge is 2.33. The molecule has 4 rings (SSSR count). The number of ether oxygens (including phenoxy) is 2. The van der Waals surface area contributed by atoms with Crippen molar-refractivity contribution in [3.63, 3.8) is 0 Å². The number of hydrogen-bond donors (Lipinski definition) is 1. The fourth-order valence-corrected chi connectivity index (χ4v) is 5.39. The summed E-state index contributed by atoms with van der Waals surface area (Å²) in [5.74, 6) is 0. The highest BCUT2D eigenvalue weighted by molar-refractivity contribution is 5.30. The van der Waals surface area contributed by atoms with Gasteiger partial charge in [-0.1, -0.05) is 0 Å². The summed E-state index contributed by atoms with van der Waals surface area (Å²) in [7, 11) is 3.96. The fourth-order valence-electron chi connectivity index (χ4n) is 5.39. The molecule has 0 aliphatic carbocycles. The van der Waals surface area contributed by atoms with Gasteiger partial charge in [-0.05, 0) is 27.7 Å². The van der Waals surface area contributed by atoms with Gasteiger partial charge >= 0.3 is 0 Å². The lowest BCUT2D eigenvalue weighted by Crippen LogP contribution is -2.49. The van der Waals surface area contributed by atoms with Crippen LogP contribution in [0.15, 0.2) is 0 Å². The van der Waals surface area contributed by atoms with Gasteiger partial charge in [0, 0.05) is 62.8 Å². The molecule has 2 aliphatic heterocycles. The topological polar surface area (TPSA) is 80.8 Å². The van der Waals surface area contributed by atoms with Crippen LogP contribution in [0, 0.1) is 27.7 Å². The van der Waals surface area contributed by atoms with E-state index < -0.39 is 6.10 Å². The van der Waals surface area contributed by atoms with Gasteiger partial charge in [0.1, 0.15) is 0 Å².